The van der Waals surface area contributed by atoms with E-state index in [1.807, 2.05) is 12.1 Å². The molecular weight excluding hydrogens is 218 g/mol. The fraction of sp³-hybridized carbons (Fsp3) is 0.462. The van der Waals surface area contributed by atoms with Crippen LogP contribution in [0, 0.1) is 0 Å². The lowest BCUT2D eigenvalue weighted by atomic mass is 10.2. The van der Waals surface area contributed by atoms with Crippen LogP contribution in [-0.4, -0.2) is 12.5 Å². The molecule has 0 saturated heterocycles. The van der Waals surface area contributed by atoms with Crippen LogP contribution in [-0.2, 0) is 0 Å². The highest BCUT2D eigenvalue weighted by atomic mass is 32.1. The third-order valence-electron chi connectivity index (χ3n) is 2.45. The molecule has 1 N–H and O–H groups in total. The van der Waals surface area contributed by atoms with Crippen molar-refractivity contribution in [3.63, 3.8) is 0 Å². The molecule has 0 atom stereocenters. The highest BCUT2D eigenvalue weighted by Crippen LogP contribution is 2.07. The largest absolute Gasteiger partial charge is 0.352 e. The van der Waals surface area contributed by atoms with Crippen molar-refractivity contribution in [2.24, 2.45) is 0 Å². The summed E-state index contributed by atoms with van der Waals surface area (Å²) in [5, 5.41) is 2.91. The van der Waals surface area contributed by atoms with Crippen molar-refractivity contribution in [1.82, 2.24) is 5.32 Å². The van der Waals surface area contributed by atoms with Crippen LogP contribution < -0.4 is 5.32 Å². The number of thiol groups is 1. The van der Waals surface area contributed by atoms with Crippen LogP contribution in [0.3, 0.4) is 0 Å². The Labute approximate surface area is 103 Å². The summed E-state index contributed by atoms with van der Waals surface area (Å²) in [5.74, 6) is 0.00447. The molecule has 0 radical (unpaired) electrons. The maximum Gasteiger partial charge on any atom is 0.251 e. The van der Waals surface area contributed by atoms with Gasteiger partial charge in [0.05, 0.1) is 0 Å². The van der Waals surface area contributed by atoms with E-state index < -0.39 is 0 Å². The van der Waals surface area contributed by atoms with Gasteiger partial charge in [-0.1, -0.05) is 26.2 Å². The summed E-state index contributed by atoms with van der Waals surface area (Å²) in [7, 11) is 0. The molecular formula is C13H19NOS. The lowest BCUT2D eigenvalue weighted by Crippen LogP contribution is -2.24. The second-order valence-corrected chi connectivity index (χ2v) is 4.38. The minimum atomic E-state index is 0.00447. The summed E-state index contributed by atoms with van der Waals surface area (Å²) in [6.07, 6.45) is 4.71. The SMILES string of the molecule is CCCCCCNC(=O)c1ccc(S)cc1. The van der Waals surface area contributed by atoms with Crippen LogP contribution in [0.25, 0.3) is 0 Å². The van der Waals surface area contributed by atoms with Gasteiger partial charge in [-0.25, -0.2) is 0 Å². The zero-order chi connectivity index (χ0) is 11.8. The fourth-order valence-corrected chi connectivity index (χ4v) is 1.62. The van der Waals surface area contributed by atoms with Gasteiger partial charge in [0.1, 0.15) is 0 Å². The number of carbonyl (C=O) groups excluding carboxylic acids is 1. The number of carbonyl (C=O) groups is 1. The van der Waals surface area contributed by atoms with Gasteiger partial charge in [0.25, 0.3) is 5.91 Å². The molecule has 3 heteroatoms. The summed E-state index contributed by atoms with van der Waals surface area (Å²) in [6.45, 7) is 2.94. The molecule has 0 unspecified atom stereocenters. The Bertz CT molecular complexity index is 321. The Morgan fingerprint density at radius 3 is 2.50 bits per heavy atom. The van der Waals surface area contributed by atoms with E-state index in [1.54, 1.807) is 12.1 Å². The van der Waals surface area contributed by atoms with Crippen LogP contribution in [0.15, 0.2) is 29.2 Å². The molecule has 0 aliphatic carbocycles. The number of amides is 1. The van der Waals surface area contributed by atoms with Gasteiger partial charge in [-0.3, -0.25) is 4.79 Å². The zero-order valence-corrected chi connectivity index (χ0v) is 10.6. The van der Waals surface area contributed by atoms with Gasteiger partial charge in [0, 0.05) is 17.0 Å². The summed E-state index contributed by atoms with van der Waals surface area (Å²) >= 11 is 4.18. The van der Waals surface area contributed by atoms with Gasteiger partial charge in [-0.2, -0.15) is 0 Å². The third-order valence-corrected chi connectivity index (χ3v) is 2.74. The van der Waals surface area contributed by atoms with Crippen LogP contribution >= 0.6 is 12.6 Å². The quantitative estimate of drug-likeness (QED) is 0.577. The number of hydrogen-bond acceptors (Lipinski definition) is 2. The van der Waals surface area contributed by atoms with Crippen molar-refractivity contribution in [2.75, 3.05) is 6.54 Å². The van der Waals surface area contributed by atoms with E-state index in [0.29, 0.717) is 5.56 Å². The van der Waals surface area contributed by atoms with E-state index in [-0.39, 0.29) is 5.91 Å². The van der Waals surface area contributed by atoms with E-state index in [2.05, 4.69) is 24.9 Å². The van der Waals surface area contributed by atoms with Gasteiger partial charge < -0.3 is 5.32 Å². The number of hydrogen-bond donors (Lipinski definition) is 2. The Balaban J connectivity index is 2.27. The lowest BCUT2D eigenvalue weighted by molar-refractivity contribution is 0.0953. The highest BCUT2D eigenvalue weighted by Gasteiger charge is 2.03. The van der Waals surface area contributed by atoms with Crippen molar-refractivity contribution in [3.8, 4) is 0 Å². The van der Waals surface area contributed by atoms with Crippen LogP contribution in [0.5, 0.6) is 0 Å². The number of benzene rings is 1. The van der Waals surface area contributed by atoms with Gasteiger partial charge in [-0.05, 0) is 30.7 Å². The molecule has 1 amide bonds. The molecule has 0 aliphatic heterocycles. The molecule has 1 aromatic rings. The van der Waals surface area contributed by atoms with Gasteiger partial charge in [-0.15, -0.1) is 12.6 Å². The molecule has 1 aromatic carbocycles. The van der Waals surface area contributed by atoms with Crippen LogP contribution in [0.1, 0.15) is 43.0 Å². The molecule has 1 rings (SSSR count). The minimum Gasteiger partial charge on any atom is -0.352 e. The molecule has 0 saturated carbocycles. The van der Waals surface area contributed by atoms with E-state index in [0.717, 1.165) is 17.9 Å². The average Bonchev–Trinajstić information content (AvgIpc) is 2.29. The topological polar surface area (TPSA) is 29.1 Å². The maximum atomic E-state index is 11.7. The highest BCUT2D eigenvalue weighted by molar-refractivity contribution is 7.80. The van der Waals surface area contributed by atoms with Gasteiger partial charge in [0.15, 0.2) is 0 Å². The van der Waals surface area contributed by atoms with Crippen molar-refractivity contribution in [2.45, 2.75) is 37.5 Å². The van der Waals surface area contributed by atoms with Crippen LogP contribution in [0.4, 0.5) is 0 Å². The monoisotopic (exact) mass is 237 g/mol. The van der Waals surface area contributed by atoms with Gasteiger partial charge >= 0.3 is 0 Å². The Kier molecular flexibility index (Phi) is 6.01. The Hall–Kier alpha value is -0.960. The molecule has 0 bridgehead atoms. The average molecular weight is 237 g/mol. The van der Waals surface area contributed by atoms with Crippen molar-refractivity contribution in [3.05, 3.63) is 29.8 Å². The van der Waals surface area contributed by atoms with E-state index >= 15 is 0 Å². The summed E-state index contributed by atoms with van der Waals surface area (Å²) in [6, 6.07) is 7.25. The second kappa shape index (κ2) is 7.34. The fourth-order valence-electron chi connectivity index (χ4n) is 1.47. The first-order chi connectivity index (χ1) is 7.74. The standard InChI is InChI=1S/C13H19NOS/c1-2-3-4-5-10-14-13(15)11-6-8-12(16)9-7-11/h6-9,16H,2-5,10H2,1H3,(H,14,15). The summed E-state index contributed by atoms with van der Waals surface area (Å²) in [4.78, 5) is 12.5. The first-order valence-corrected chi connectivity index (χ1v) is 6.26. The zero-order valence-electron chi connectivity index (χ0n) is 9.70. The van der Waals surface area contributed by atoms with Gasteiger partial charge in [0.2, 0.25) is 0 Å². The molecule has 2 nitrogen and oxygen atoms in total. The second-order valence-electron chi connectivity index (χ2n) is 3.86. The third kappa shape index (κ3) is 4.71. The van der Waals surface area contributed by atoms with Crippen LogP contribution in [0.2, 0.25) is 0 Å². The minimum absolute atomic E-state index is 0.00447. The van der Waals surface area contributed by atoms with Crippen molar-refractivity contribution >= 4 is 18.5 Å². The molecule has 0 spiro atoms. The Morgan fingerprint density at radius 1 is 1.19 bits per heavy atom. The molecule has 16 heavy (non-hydrogen) atoms. The molecule has 0 fully saturated rings. The van der Waals surface area contributed by atoms with E-state index in [1.165, 1.54) is 19.3 Å². The smallest absolute Gasteiger partial charge is 0.251 e. The molecule has 0 heterocycles. The molecule has 0 aromatic heterocycles. The lowest BCUT2D eigenvalue weighted by Gasteiger charge is -2.04. The number of nitrogens with one attached hydrogen (secondary N) is 1. The Morgan fingerprint density at radius 2 is 1.88 bits per heavy atom. The van der Waals surface area contributed by atoms with E-state index in [9.17, 15) is 4.79 Å². The summed E-state index contributed by atoms with van der Waals surface area (Å²) in [5.41, 5.74) is 0.702. The molecule has 88 valence electrons. The van der Waals surface area contributed by atoms with Crippen molar-refractivity contribution < 1.29 is 4.79 Å². The predicted molar refractivity (Wildman–Crippen MR) is 70.2 cm³/mol. The van der Waals surface area contributed by atoms with E-state index in [4.69, 9.17) is 0 Å². The predicted octanol–water partition coefficient (Wildman–Crippen LogP) is 3.29. The first-order valence-electron chi connectivity index (χ1n) is 5.81. The van der Waals surface area contributed by atoms with Crippen molar-refractivity contribution in [1.29, 1.82) is 0 Å². The summed E-state index contributed by atoms with van der Waals surface area (Å²) < 4.78 is 0. The molecule has 0 aliphatic rings. The number of unbranched alkanes of at least 4 members (excludes halogenated alkanes) is 3. The maximum absolute atomic E-state index is 11.7. The normalized spacial score (nSPS) is 10.1. The first kappa shape index (κ1) is 13.1. The number of rotatable bonds is 6.